The van der Waals surface area contributed by atoms with Gasteiger partial charge in [0.25, 0.3) is 0 Å². The highest BCUT2D eigenvalue weighted by atomic mass is 19.4. The Balaban J connectivity index is 2.83. The van der Waals surface area contributed by atoms with Gasteiger partial charge in [0.2, 0.25) is 0 Å². The van der Waals surface area contributed by atoms with Crippen LogP contribution in [0.3, 0.4) is 0 Å². The van der Waals surface area contributed by atoms with Gasteiger partial charge in [0.15, 0.2) is 0 Å². The molecule has 94 valence electrons. The van der Waals surface area contributed by atoms with E-state index < -0.39 is 17.9 Å². The van der Waals surface area contributed by atoms with Gasteiger partial charge in [-0.3, -0.25) is 4.79 Å². The van der Waals surface area contributed by atoms with Crippen molar-refractivity contribution in [3.8, 4) is 5.75 Å². The number of halogens is 3. The molecule has 1 aromatic rings. The van der Waals surface area contributed by atoms with Crippen molar-refractivity contribution in [1.29, 1.82) is 0 Å². The number of methoxy groups -OCH3 is 1. The lowest BCUT2D eigenvalue weighted by Gasteiger charge is -2.17. The number of alkyl halides is 3. The maximum absolute atomic E-state index is 12.6. The molecule has 17 heavy (non-hydrogen) atoms. The molecule has 0 heterocycles. The molecule has 0 amide bonds. The van der Waals surface area contributed by atoms with Crippen molar-refractivity contribution in [2.45, 2.75) is 19.5 Å². The molecule has 0 spiro atoms. The third kappa shape index (κ3) is 3.76. The number of hydrogen-bond donors (Lipinski definition) is 0. The van der Waals surface area contributed by atoms with Crippen LogP contribution in [0.5, 0.6) is 5.75 Å². The predicted molar refractivity (Wildman–Crippen MR) is 56.9 cm³/mol. The quantitative estimate of drug-likeness (QED) is 0.816. The predicted octanol–water partition coefficient (Wildman–Crippen LogP) is 3.01. The zero-order valence-electron chi connectivity index (χ0n) is 9.54. The summed E-state index contributed by atoms with van der Waals surface area (Å²) in [5.41, 5.74) is 0.461. The molecule has 1 aromatic carbocycles. The van der Waals surface area contributed by atoms with Crippen LogP contribution in [0, 0.1) is 5.92 Å². The van der Waals surface area contributed by atoms with Gasteiger partial charge in [-0.15, -0.1) is 0 Å². The summed E-state index contributed by atoms with van der Waals surface area (Å²) in [5.74, 6) is -2.23. The third-order valence-electron chi connectivity index (χ3n) is 2.48. The van der Waals surface area contributed by atoms with E-state index in [-0.39, 0.29) is 6.42 Å². The van der Waals surface area contributed by atoms with Gasteiger partial charge in [-0.1, -0.05) is 12.1 Å². The van der Waals surface area contributed by atoms with Crippen LogP contribution in [0.1, 0.15) is 12.5 Å². The van der Waals surface area contributed by atoms with Gasteiger partial charge in [0.1, 0.15) is 17.5 Å². The van der Waals surface area contributed by atoms with E-state index in [1.807, 2.05) is 0 Å². The van der Waals surface area contributed by atoms with Crippen LogP contribution in [0.2, 0.25) is 0 Å². The highest BCUT2D eigenvalue weighted by molar-refractivity contribution is 5.79. The lowest BCUT2D eigenvalue weighted by molar-refractivity contribution is -0.179. The second-order valence-corrected chi connectivity index (χ2v) is 3.76. The highest BCUT2D eigenvalue weighted by Gasteiger charge is 2.42. The first kappa shape index (κ1) is 13.5. The van der Waals surface area contributed by atoms with E-state index in [4.69, 9.17) is 4.74 Å². The lowest BCUT2D eigenvalue weighted by Crippen LogP contribution is -2.31. The summed E-state index contributed by atoms with van der Waals surface area (Å²) in [6.45, 7) is 0.960. The zero-order chi connectivity index (χ0) is 13.1. The van der Waals surface area contributed by atoms with Gasteiger partial charge in [-0.2, -0.15) is 13.2 Å². The Morgan fingerprint density at radius 2 is 1.82 bits per heavy atom. The third-order valence-corrected chi connectivity index (χ3v) is 2.48. The number of Topliss-reactive ketones (excluding diaryl/α,β-unsaturated/α-hetero) is 1. The van der Waals surface area contributed by atoms with Crippen molar-refractivity contribution < 1.29 is 22.7 Å². The second kappa shape index (κ2) is 5.21. The Labute approximate surface area is 97.4 Å². The molecule has 1 atom stereocenters. The van der Waals surface area contributed by atoms with Crippen LogP contribution in [0.15, 0.2) is 24.3 Å². The summed E-state index contributed by atoms with van der Waals surface area (Å²) in [5, 5.41) is 0. The van der Waals surface area contributed by atoms with Gasteiger partial charge >= 0.3 is 6.18 Å². The lowest BCUT2D eigenvalue weighted by atomic mass is 9.95. The number of benzene rings is 1. The smallest absolute Gasteiger partial charge is 0.398 e. The first-order chi connectivity index (χ1) is 7.84. The molecule has 0 aliphatic carbocycles. The molecule has 1 unspecified atom stereocenters. The Morgan fingerprint density at radius 1 is 1.29 bits per heavy atom. The molecule has 0 aliphatic heterocycles. The molecule has 0 aliphatic rings. The molecule has 0 fully saturated rings. The van der Waals surface area contributed by atoms with Crippen LogP contribution < -0.4 is 4.74 Å². The van der Waals surface area contributed by atoms with Gasteiger partial charge in [0.05, 0.1) is 7.11 Å². The Kier molecular flexibility index (Phi) is 4.15. The van der Waals surface area contributed by atoms with Gasteiger partial charge in [-0.05, 0) is 31.0 Å². The minimum atomic E-state index is -4.49. The van der Waals surface area contributed by atoms with Crippen LogP contribution in [0.4, 0.5) is 13.2 Å². The van der Waals surface area contributed by atoms with Gasteiger partial charge in [-0.25, -0.2) is 0 Å². The second-order valence-electron chi connectivity index (χ2n) is 3.76. The monoisotopic (exact) mass is 246 g/mol. The molecule has 0 saturated heterocycles. The van der Waals surface area contributed by atoms with Gasteiger partial charge in [0, 0.05) is 0 Å². The normalized spacial score (nSPS) is 13.2. The van der Waals surface area contributed by atoms with E-state index in [0.29, 0.717) is 11.3 Å². The summed E-state index contributed by atoms with van der Waals surface area (Å²) < 4.78 is 42.6. The van der Waals surface area contributed by atoms with Crippen molar-refractivity contribution >= 4 is 5.78 Å². The van der Waals surface area contributed by atoms with Crippen molar-refractivity contribution in [2.24, 2.45) is 5.92 Å². The molecular formula is C12H13F3O2. The number of ether oxygens (including phenoxy) is 1. The van der Waals surface area contributed by atoms with Gasteiger partial charge < -0.3 is 4.74 Å². The van der Waals surface area contributed by atoms with Crippen LogP contribution >= 0.6 is 0 Å². The summed E-state index contributed by atoms with van der Waals surface area (Å²) in [6, 6.07) is 6.20. The maximum Gasteiger partial charge on any atom is 0.398 e. The number of carbonyl (C=O) groups is 1. The summed E-state index contributed by atoms with van der Waals surface area (Å²) in [7, 11) is 1.48. The first-order valence-electron chi connectivity index (χ1n) is 5.04. The Hall–Kier alpha value is -1.52. The number of rotatable bonds is 4. The number of carbonyl (C=O) groups excluding carboxylic acids is 1. The largest absolute Gasteiger partial charge is 0.497 e. The van der Waals surface area contributed by atoms with Crippen LogP contribution in [-0.2, 0) is 11.2 Å². The fraction of sp³-hybridized carbons (Fsp3) is 0.417. The van der Waals surface area contributed by atoms with E-state index in [1.165, 1.54) is 19.2 Å². The zero-order valence-corrected chi connectivity index (χ0v) is 9.54. The van der Waals surface area contributed by atoms with E-state index >= 15 is 0 Å². The SMILES string of the molecule is COc1ccc(CC(C(C)=O)C(F)(F)F)cc1. The van der Waals surface area contributed by atoms with Crippen LogP contribution in [0.25, 0.3) is 0 Å². The standard InChI is InChI=1S/C12H13F3O2/c1-8(16)11(12(13,14)15)7-9-3-5-10(17-2)6-4-9/h3-6,11H,7H2,1-2H3. The van der Waals surface area contributed by atoms with Crippen LogP contribution in [-0.4, -0.2) is 19.1 Å². The first-order valence-corrected chi connectivity index (χ1v) is 5.04. The van der Waals surface area contributed by atoms with Crippen molar-refractivity contribution in [1.82, 2.24) is 0 Å². The fourth-order valence-corrected chi connectivity index (χ4v) is 1.49. The summed E-state index contributed by atoms with van der Waals surface area (Å²) in [6.07, 6.45) is -4.82. The van der Waals surface area contributed by atoms with Crippen molar-refractivity contribution in [3.05, 3.63) is 29.8 Å². The number of ketones is 1. The minimum absolute atomic E-state index is 0.331. The molecule has 1 rings (SSSR count). The topological polar surface area (TPSA) is 26.3 Å². The van der Waals surface area contributed by atoms with E-state index in [9.17, 15) is 18.0 Å². The molecule has 5 heteroatoms. The average molecular weight is 246 g/mol. The molecule has 0 radical (unpaired) electrons. The summed E-state index contributed by atoms with van der Waals surface area (Å²) in [4.78, 5) is 11.0. The average Bonchev–Trinajstić information content (AvgIpc) is 2.24. The molecule has 0 N–H and O–H groups in total. The van der Waals surface area contributed by atoms with Crippen molar-refractivity contribution in [2.75, 3.05) is 7.11 Å². The molecule has 0 aromatic heterocycles. The minimum Gasteiger partial charge on any atom is -0.497 e. The molecule has 0 bridgehead atoms. The fourth-order valence-electron chi connectivity index (χ4n) is 1.49. The molecule has 2 nitrogen and oxygen atoms in total. The Morgan fingerprint density at radius 3 is 2.18 bits per heavy atom. The van der Waals surface area contributed by atoms with Crippen molar-refractivity contribution in [3.63, 3.8) is 0 Å². The van der Waals surface area contributed by atoms with E-state index in [1.54, 1.807) is 12.1 Å². The van der Waals surface area contributed by atoms with E-state index in [2.05, 4.69) is 0 Å². The van der Waals surface area contributed by atoms with E-state index in [0.717, 1.165) is 6.92 Å². The number of hydrogen-bond acceptors (Lipinski definition) is 2. The highest BCUT2D eigenvalue weighted by Crippen LogP contribution is 2.30. The summed E-state index contributed by atoms with van der Waals surface area (Å²) >= 11 is 0. The molecule has 0 saturated carbocycles. The maximum atomic E-state index is 12.6. The molecular weight excluding hydrogens is 233 g/mol. The Bertz CT molecular complexity index is 382.